The summed E-state index contributed by atoms with van der Waals surface area (Å²) in [5.74, 6) is 1.22. The molecule has 3 aromatic rings. The first kappa shape index (κ1) is 21.5. The zero-order chi connectivity index (χ0) is 22.9. The van der Waals surface area contributed by atoms with Crippen LogP contribution in [-0.4, -0.2) is 36.6 Å². The summed E-state index contributed by atoms with van der Waals surface area (Å²) >= 11 is 1.37. The van der Waals surface area contributed by atoms with Crippen molar-refractivity contribution in [1.29, 1.82) is 0 Å². The first-order valence-electron chi connectivity index (χ1n) is 10.8. The predicted octanol–water partition coefficient (Wildman–Crippen LogP) is 5.18. The number of hydrogen-bond donors (Lipinski definition) is 0. The molecule has 0 atom stereocenters. The van der Waals surface area contributed by atoms with Gasteiger partial charge in [0, 0.05) is 26.1 Å². The van der Waals surface area contributed by atoms with Crippen LogP contribution in [-0.2, 0) is 13.0 Å². The van der Waals surface area contributed by atoms with Crippen LogP contribution in [0.4, 0.5) is 14.2 Å². The van der Waals surface area contributed by atoms with E-state index >= 15 is 0 Å². The third-order valence-corrected chi connectivity index (χ3v) is 7.18. The first-order chi connectivity index (χ1) is 16.0. The van der Waals surface area contributed by atoms with Gasteiger partial charge in [0.25, 0.3) is 0 Å². The number of benzene rings is 2. The average Bonchev–Trinajstić information content (AvgIpc) is 3.52. The minimum atomic E-state index is -0.294. The molecule has 6 nitrogen and oxygen atoms in total. The number of rotatable bonds is 7. The molecule has 1 aromatic heterocycles. The van der Waals surface area contributed by atoms with Crippen molar-refractivity contribution >= 4 is 28.2 Å². The number of amides is 2. The Morgan fingerprint density at radius 3 is 2.61 bits per heavy atom. The van der Waals surface area contributed by atoms with E-state index < -0.39 is 0 Å². The third kappa shape index (κ3) is 4.43. The SMILES string of the molecule is Cc1cc(N2CCN(Cc3ccc(F)cc3)C2=O)sc1C(=O)CCc1ccc2c(c1)OCO2. The Morgan fingerprint density at radius 2 is 1.79 bits per heavy atom. The van der Waals surface area contributed by atoms with E-state index in [1.807, 2.05) is 31.2 Å². The number of carbonyl (C=O) groups is 2. The summed E-state index contributed by atoms with van der Waals surface area (Å²) in [7, 11) is 0. The van der Waals surface area contributed by atoms with Crippen molar-refractivity contribution in [3.05, 3.63) is 75.9 Å². The summed E-state index contributed by atoms with van der Waals surface area (Å²) in [5, 5.41) is 0.783. The van der Waals surface area contributed by atoms with Crippen molar-refractivity contribution in [3.8, 4) is 11.5 Å². The van der Waals surface area contributed by atoms with E-state index in [4.69, 9.17) is 9.47 Å². The van der Waals surface area contributed by atoms with E-state index in [0.29, 0.717) is 43.1 Å². The van der Waals surface area contributed by atoms with Crippen molar-refractivity contribution in [2.45, 2.75) is 26.3 Å². The van der Waals surface area contributed by atoms with Gasteiger partial charge in [0.1, 0.15) is 5.82 Å². The molecule has 2 amide bonds. The number of fused-ring (bicyclic) bond motifs is 1. The molecule has 3 heterocycles. The van der Waals surface area contributed by atoms with Crippen LogP contribution in [0.5, 0.6) is 11.5 Å². The lowest BCUT2D eigenvalue weighted by molar-refractivity contribution is 0.0986. The molecule has 1 saturated heterocycles. The maximum Gasteiger partial charge on any atom is 0.325 e. The largest absolute Gasteiger partial charge is 0.454 e. The Hall–Kier alpha value is -3.39. The summed E-state index contributed by atoms with van der Waals surface area (Å²) in [6, 6.07) is 13.7. The number of halogens is 1. The number of aryl methyl sites for hydroxylation is 2. The van der Waals surface area contributed by atoms with E-state index in [-0.39, 0.29) is 24.4 Å². The van der Waals surface area contributed by atoms with Crippen molar-refractivity contribution in [3.63, 3.8) is 0 Å². The lowest BCUT2D eigenvalue weighted by Crippen LogP contribution is -2.30. The van der Waals surface area contributed by atoms with E-state index in [0.717, 1.165) is 27.4 Å². The van der Waals surface area contributed by atoms with Crippen molar-refractivity contribution in [2.75, 3.05) is 24.8 Å². The minimum absolute atomic E-state index is 0.0660. The Labute approximate surface area is 195 Å². The summed E-state index contributed by atoms with van der Waals surface area (Å²) < 4.78 is 23.9. The molecule has 5 rings (SSSR count). The smallest absolute Gasteiger partial charge is 0.325 e. The van der Waals surface area contributed by atoms with Crippen LogP contribution in [0.2, 0.25) is 0 Å². The van der Waals surface area contributed by atoms with Crippen LogP contribution >= 0.6 is 11.3 Å². The first-order valence-corrected chi connectivity index (χ1v) is 11.6. The number of carbonyl (C=O) groups excluding carboxylic acids is 2. The Balaban J connectivity index is 1.23. The second-order valence-corrected chi connectivity index (χ2v) is 9.22. The summed E-state index contributed by atoms with van der Waals surface area (Å²) in [4.78, 5) is 30.0. The van der Waals surface area contributed by atoms with Crippen LogP contribution in [0.25, 0.3) is 0 Å². The van der Waals surface area contributed by atoms with Crippen molar-refractivity contribution in [1.82, 2.24) is 4.90 Å². The summed E-state index contributed by atoms with van der Waals surface area (Å²) in [5.41, 5.74) is 2.79. The molecule has 0 saturated carbocycles. The van der Waals surface area contributed by atoms with Crippen LogP contribution in [0.15, 0.2) is 48.5 Å². The lowest BCUT2D eigenvalue weighted by Gasteiger charge is -2.17. The standard InChI is InChI=1S/C25H23FN2O4S/c1-16-12-23(28-11-10-27(25(28)30)14-18-2-6-19(26)7-3-18)33-24(16)20(29)8-4-17-5-9-21-22(13-17)32-15-31-21/h2-3,5-7,9,12-13H,4,8,10-11,14-15H2,1H3. The van der Waals surface area contributed by atoms with Crippen LogP contribution in [0.1, 0.15) is 32.8 Å². The zero-order valence-electron chi connectivity index (χ0n) is 18.2. The van der Waals surface area contributed by atoms with Gasteiger partial charge in [0.05, 0.1) is 9.88 Å². The van der Waals surface area contributed by atoms with Gasteiger partial charge in [-0.2, -0.15) is 0 Å². The van der Waals surface area contributed by atoms with Gasteiger partial charge in [-0.15, -0.1) is 11.3 Å². The fourth-order valence-corrected chi connectivity index (χ4v) is 5.25. The number of thiophene rings is 1. The maximum absolute atomic E-state index is 13.1. The van der Waals surface area contributed by atoms with Gasteiger partial charge < -0.3 is 14.4 Å². The topological polar surface area (TPSA) is 59.1 Å². The molecule has 0 unspecified atom stereocenters. The van der Waals surface area contributed by atoms with Crippen molar-refractivity contribution in [2.24, 2.45) is 0 Å². The highest BCUT2D eigenvalue weighted by atomic mass is 32.1. The molecule has 2 aliphatic rings. The number of hydrogen-bond acceptors (Lipinski definition) is 5. The molecule has 0 spiro atoms. The number of anilines is 1. The maximum atomic E-state index is 13.1. The quantitative estimate of drug-likeness (QED) is 0.450. The van der Waals surface area contributed by atoms with Crippen LogP contribution in [0, 0.1) is 12.7 Å². The molecule has 2 aromatic carbocycles. The molecule has 1 fully saturated rings. The van der Waals surface area contributed by atoms with Gasteiger partial charge in [-0.1, -0.05) is 18.2 Å². The second kappa shape index (κ2) is 8.86. The van der Waals surface area contributed by atoms with E-state index in [2.05, 4.69) is 0 Å². The van der Waals surface area contributed by atoms with Gasteiger partial charge in [-0.3, -0.25) is 9.69 Å². The Kier molecular flexibility index (Phi) is 5.76. The third-order valence-electron chi connectivity index (χ3n) is 5.88. The van der Waals surface area contributed by atoms with E-state index in [9.17, 15) is 14.0 Å². The van der Waals surface area contributed by atoms with Crippen LogP contribution < -0.4 is 14.4 Å². The number of ketones is 1. The average molecular weight is 467 g/mol. The molecule has 33 heavy (non-hydrogen) atoms. The fraction of sp³-hybridized carbons (Fsp3) is 0.280. The molecule has 8 heteroatoms. The molecular weight excluding hydrogens is 443 g/mol. The van der Waals surface area contributed by atoms with Gasteiger partial charge >= 0.3 is 6.03 Å². The molecule has 0 N–H and O–H groups in total. The lowest BCUT2D eigenvalue weighted by atomic mass is 10.1. The summed E-state index contributed by atoms with van der Waals surface area (Å²) in [6.07, 6.45) is 0.987. The van der Waals surface area contributed by atoms with Gasteiger partial charge in [-0.05, 0) is 60.4 Å². The highest BCUT2D eigenvalue weighted by Crippen LogP contribution is 2.35. The predicted molar refractivity (Wildman–Crippen MR) is 124 cm³/mol. The Bertz CT molecular complexity index is 1210. The highest BCUT2D eigenvalue weighted by molar-refractivity contribution is 7.18. The number of nitrogens with zero attached hydrogens (tertiary/aromatic N) is 2. The van der Waals surface area contributed by atoms with Crippen molar-refractivity contribution < 1.29 is 23.5 Å². The van der Waals surface area contributed by atoms with E-state index in [1.54, 1.807) is 21.9 Å². The molecule has 0 aliphatic carbocycles. The Morgan fingerprint density at radius 1 is 1.03 bits per heavy atom. The second-order valence-electron chi connectivity index (χ2n) is 8.19. The molecule has 0 radical (unpaired) electrons. The van der Waals surface area contributed by atoms with Gasteiger partial charge in [0.15, 0.2) is 17.3 Å². The van der Waals surface area contributed by atoms with Crippen LogP contribution in [0.3, 0.4) is 0 Å². The molecular formula is C25H23FN2O4S. The normalized spacial score (nSPS) is 14.9. The number of Topliss-reactive ketones (excluding diaryl/α,β-unsaturated/α-hetero) is 1. The molecule has 2 aliphatic heterocycles. The minimum Gasteiger partial charge on any atom is -0.454 e. The zero-order valence-corrected chi connectivity index (χ0v) is 19.0. The number of urea groups is 1. The van der Waals surface area contributed by atoms with Gasteiger partial charge in [0.2, 0.25) is 6.79 Å². The molecule has 170 valence electrons. The monoisotopic (exact) mass is 466 g/mol. The number of ether oxygens (including phenoxy) is 2. The fourth-order valence-electron chi connectivity index (χ4n) is 4.09. The van der Waals surface area contributed by atoms with Gasteiger partial charge in [-0.25, -0.2) is 9.18 Å². The highest BCUT2D eigenvalue weighted by Gasteiger charge is 2.31. The summed E-state index contributed by atoms with van der Waals surface area (Å²) in [6.45, 7) is 3.71. The van der Waals surface area contributed by atoms with E-state index in [1.165, 1.54) is 23.5 Å². The molecule has 0 bridgehead atoms.